The van der Waals surface area contributed by atoms with Crippen LogP contribution in [0.15, 0.2) is 15.6 Å². The standard InChI is InChI=1S/C11H17N5O4S/c1-5-16-10(13-14-11(16)19-4)7(2)15-21(17,18)9-6-12-20-8(9)3/h6-7,15H,5H2,1-4H3/t7-/m1/s1. The number of nitrogens with one attached hydrogen (secondary N) is 1. The first-order valence-corrected chi connectivity index (χ1v) is 7.79. The normalized spacial score (nSPS) is 13.3. The van der Waals surface area contributed by atoms with Gasteiger partial charge in [-0.3, -0.25) is 4.57 Å². The number of sulfonamides is 1. The molecule has 2 aromatic rings. The molecule has 1 N–H and O–H groups in total. The van der Waals surface area contributed by atoms with E-state index in [9.17, 15) is 8.42 Å². The van der Waals surface area contributed by atoms with Crippen molar-refractivity contribution >= 4 is 10.0 Å². The SMILES string of the molecule is CCn1c(OC)nnc1[C@@H](C)NS(=O)(=O)c1cnoc1C. The number of nitrogens with zero attached hydrogens (tertiary/aromatic N) is 4. The van der Waals surface area contributed by atoms with E-state index >= 15 is 0 Å². The quantitative estimate of drug-likeness (QED) is 0.832. The lowest BCUT2D eigenvalue weighted by Gasteiger charge is -2.14. The maximum Gasteiger partial charge on any atom is 0.316 e. The van der Waals surface area contributed by atoms with E-state index in [0.29, 0.717) is 18.4 Å². The summed E-state index contributed by atoms with van der Waals surface area (Å²) in [4.78, 5) is 0.00359. The van der Waals surface area contributed by atoms with Crippen LogP contribution in [0.2, 0.25) is 0 Å². The van der Waals surface area contributed by atoms with Crippen LogP contribution in [0.1, 0.15) is 31.5 Å². The zero-order chi connectivity index (χ0) is 15.6. The Balaban J connectivity index is 2.28. The summed E-state index contributed by atoms with van der Waals surface area (Å²) in [7, 11) is -2.26. The summed E-state index contributed by atoms with van der Waals surface area (Å²) in [6.45, 7) is 5.66. The van der Waals surface area contributed by atoms with Gasteiger partial charge in [0.25, 0.3) is 0 Å². The van der Waals surface area contributed by atoms with Crippen molar-refractivity contribution in [1.82, 2.24) is 24.6 Å². The van der Waals surface area contributed by atoms with Gasteiger partial charge in [0.15, 0.2) is 11.6 Å². The molecule has 0 aromatic carbocycles. The first-order chi connectivity index (χ1) is 9.90. The van der Waals surface area contributed by atoms with Crippen LogP contribution in [0.4, 0.5) is 0 Å². The lowest BCUT2D eigenvalue weighted by atomic mass is 10.3. The summed E-state index contributed by atoms with van der Waals surface area (Å²) < 4.78 is 38.6. The van der Waals surface area contributed by atoms with Crippen LogP contribution in [0.25, 0.3) is 0 Å². The molecule has 21 heavy (non-hydrogen) atoms. The summed E-state index contributed by atoms with van der Waals surface area (Å²) in [5.41, 5.74) is 0. The summed E-state index contributed by atoms with van der Waals surface area (Å²) >= 11 is 0. The van der Waals surface area contributed by atoms with Gasteiger partial charge in [0.05, 0.1) is 19.3 Å². The van der Waals surface area contributed by atoms with Gasteiger partial charge in [-0.15, -0.1) is 5.10 Å². The second-order valence-electron chi connectivity index (χ2n) is 4.38. The molecule has 9 nitrogen and oxygen atoms in total. The first-order valence-electron chi connectivity index (χ1n) is 6.31. The van der Waals surface area contributed by atoms with Gasteiger partial charge in [-0.1, -0.05) is 10.3 Å². The van der Waals surface area contributed by atoms with Crippen LogP contribution >= 0.6 is 0 Å². The van der Waals surface area contributed by atoms with Crippen molar-refractivity contribution in [3.05, 3.63) is 17.8 Å². The second kappa shape index (κ2) is 5.82. The van der Waals surface area contributed by atoms with E-state index in [4.69, 9.17) is 9.26 Å². The van der Waals surface area contributed by atoms with Crippen molar-refractivity contribution in [3.8, 4) is 6.01 Å². The second-order valence-corrected chi connectivity index (χ2v) is 6.06. The minimum Gasteiger partial charge on any atom is -0.467 e. The predicted molar refractivity (Wildman–Crippen MR) is 72.2 cm³/mol. The molecule has 0 saturated carbocycles. The van der Waals surface area contributed by atoms with Gasteiger partial charge in [-0.05, 0) is 20.8 Å². The molecular weight excluding hydrogens is 298 g/mol. The molecule has 0 saturated heterocycles. The Labute approximate surface area is 122 Å². The number of methoxy groups -OCH3 is 1. The third kappa shape index (κ3) is 2.90. The molecular formula is C11H17N5O4S. The van der Waals surface area contributed by atoms with Crippen LogP contribution in [0.3, 0.4) is 0 Å². The van der Waals surface area contributed by atoms with Gasteiger partial charge in [0.1, 0.15) is 4.90 Å². The lowest BCUT2D eigenvalue weighted by Crippen LogP contribution is -2.29. The van der Waals surface area contributed by atoms with E-state index in [1.807, 2.05) is 6.92 Å². The van der Waals surface area contributed by atoms with E-state index in [2.05, 4.69) is 20.1 Å². The zero-order valence-electron chi connectivity index (χ0n) is 12.2. The molecule has 0 spiro atoms. The number of hydrogen-bond acceptors (Lipinski definition) is 7. The fourth-order valence-electron chi connectivity index (χ4n) is 1.97. The summed E-state index contributed by atoms with van der Waals surface area (Å²) in [5, 5.41) is 11.3. The third-order valence-corrected chi connectivity index (χ3v) is 4.60. The van der Waals surface area contributed by atoms with E-state index in [1.54, 1.807) is 11.5 Å². The fraction of sp³-hybridized carbons (Fsp3) is 0.545. The average Bonchev–Trinajstić information content (AvgIpc) is 3.03. The summed E-state index contributed by atoms with van der Waals surface area (Å²) in [6.07, 6.45) is 1.16. The Hall–Kier alpha value is -1.94. The predicted octanol–water partition coefficient (Wildman–Crippen LogP) is 0.643. The van der Waals surface area contributed by atoms with Gasteiger partial charge >= 0.3 is 6.01 Å². The topological polar surface area (TPSA) is 112 Å². The number of ether oxygens (including phenoxy) is 1. The number of aromatic nitrogens is 4. The number of hydrogen-bond donors (Lipinski definition) is 1. The summed E-state index contributed by atoms with van der Waals surface area (Å²) in [6, 6.07) is -0.250. The molecule has 2 heterocycles. The first kappa shape index (κ1) is 15.4. The molecule has 0 bridgehead atoms. The molecule has 0 radical (unpaired) electrons. The largest absolute Gasteiger partial charge is 0.467 e. The Morgan fingerprint density at radius 2 is 2.19 bits per heavy atom. The lowest BCUT2D eigenvalue weighted by molar-refractivity contribution is 0.354. The molecule has 0 aliphatic rings. The molecule has 0 amide bonds. The fourth-order valence-corrected chi connectivity index (χ4v) is 3.26. The van der Waals surface area contributed by atoms with Gasteiger partial charge in [0, 0.05) is 6.54 Å². The highest BCUT2D eigenvalue weighted by molar-refractivity contribution is 7.89. The van der Waals surface area contributed by atoms with Crippen molar-refractivity contribution in [2.75, 3.05) is 7.11 Å². The molecule has 1 atom stereocenters. The van der Waals surface area contributed by atoms with Crippen LogP contribution in [-0.2, 0) is 16.6 Å². The van der Waals surface area contributed by atoms with Crippen LogP contribution < -0.4 is 9.46 Å². The van der Waals surface area contributed by atoms with E-state index < -0.39 is 16.1 Å². The third-order valence-electron chi connectivity index (χ3n) is 2.96. The number of rotatable bonds is 6. The van der Waals surface area contributed by atoms with Gasteiger partial charge < -0.3 is 9.26 Å². The minimum atomic E-state index is -3.75. The Morgan fingerprint density at radius 3 is 2.71 bits per heavy atom. The molecule has 116 valence electrons. The van der Waals surface area contributed by atoms with Crippen molar-refractivity contribution in [1.29, 1.82) is 0 Å². The average molecular weight is 315 g/mol. The number of aryl methyl sites for hydroxylation is 1. The van der Waals surface area contributed by atoms with Crippen LogP contribution in [0.5, 0.6) is 6.01 Å². The molecule has 10 heteroatoms. The van der Waals surface area contributed by atoms with Crippen LogP contribution in [-0.4, -0.2) is 35.4 Å². The van der Waals surface area contributed by atoms with Crippen molar-refractivity contribution in [3.63, 3.8) is 0 Å². The van der Waals surface area contributed by atoms with Crippen molar-refractivity contribution < 1.29 is 17.7 Å². The van der Waals surface area contributed by atoms with E-state index in [0.717, 1.165) is 6.20 Å². The van der Waals surface area contributed by atoms with Crippen molar-refractivity contribution in [2.45, 2.75) is 38.3 Å². The van der Waals surface area contributed by atoms with E-state index in [-0.39, 0.29) is 10.7 Å². The Bertz CT molecular complexity index is 721. The highest BCUT2D eigenvalue weighted by Crippen LogP contribution is 2.20. The highest BCUT2D eigenvalue weighted by atomic mass is 32.2. The summed E-state index contributed by atoms with van der Waals surface area (Å²) in [5.74, 6) is 0.691. The Kier molecular flexibility index (Phi) is 4.28. The van der Waals surface area contributed by atoms with Gasteiger partial charge in [-0.25, -0.2) is 13.1 Å². The van der Waals surface area contributed by atoms with Gasteiger partial charge in [0.2, 0.25) is 10.0 Å². The molecule has 0 aliphatic heterocycles. The molecule has 2 aromatic heterocycles. The highest BCUT2D eigenvalue weighted by Gasteiger charge is 2.26. The van der Waals surface area contributed by atoms with Gasteiger partial charge in [-0.2, -0.15) is 0 Å². The van der Waals surface area contributed by atoms with Crippen molar-refractivity contribution in [2.24, 2.45) is 0 Å². The monoisotopic (exact) mass is 315 g/mol. The maximum atomic E-state index is 12.3. The Morgan fingerprint density at radius 1 is 1.48 bits per heavy atom. The zero-order valence-corrected chi connectivity index (χ0v) is 13.0. The molecule has 0 fully saturated rings. The van der Waals surface area contributed by atoms with E-state index in [1.165, 1.54) is 14.0 Å². The minimum absolute atomic E-state index is 0.00359. The molecule has 2 rings (SSSR count). The van der Waals surface area contributed by atoms with Crippen LogP contribution in [0, 0.1) is 6.92 Å². The molecule has 0 unspecified atom stereocenters. The smallest absolute Gasteiger partial charge is 0.316 e. The molecule has 0 aliphatic carbocycles. The maximum absolute atomic E-state index is 12.3.